The second-order valence-corrected chi connectivity index (χ2v) is 5.93. The van der Waals surface area contributed by atoms with Crippen LogP contribution < -0.4 is 0 Å². The fourth-order valence-corrected chi connectivity index (χ4v) is 3.53. The first kappa shape index (κ1) is 9.86. The Balaban J connectivity index is 1.85. The van der Waals surface area contributed by atoms with Gasteiger partial charge in [0.2, 0.25) is 0 Å². The van der Waals surface area contributed by atoms with Crippen LogP contribution in [0.5, 0.6) is 0 Å². The molecular weight excluding hydrogens is 299 g/mol. The average molecular weight is 312 g/mol. The van der Waals surface area contributed by atoms with Crippen molar-refractivity contribution >= 4 is 22.9 Å². The molecule has 15 heavy (non-hydrogen) atoms. The highest BCUT2D eigenvalue weighted by atomic mass is 127. The summed E-state index contributed by atoms with van der Waals surface area (Å²) in [4.78, 5) is 0. The minimum Gasteiger partial charge on any atom is -0.239 e. The van der Waals surface area contributed by atoms with E-state index in [-0.39, 0.29) is 0 Å². The second kappa shape index (κ2) is 3.60. The van der Waals surface area contributed by atoms with E-state index >= 15 is 0 Å². The molecule has 2 aliphatic carbocycles. The zero-order chi connectivity index (χ0) is 10.4. The van der Waals surface area contributed by atoms with Crippen molar-refractivity contribution in [1.82, 2.24) is 3.11 Å². The van der Waals surface area contributed by atoms with Gasteiger partial charge in [-0.05, 0) is 30.3 Å². The van der Waals surface area contributed by atoms with Crippen molar-refractivity contribution in [3.05, 3.63) is 23.3 Å². The summed E-state index contributed by atoms with van der Waals surface area (Å²) in [5.74, 6) is 1.68. The Bertz CT molecular complexity index is 391. The molecule has 0 aromatic heterocycles. The molecule has 3 unspecified atom stereocenters. The summed E-state index contributed by atoms with van der Waals surface area (Å²) in [7, 11) is 0. The third kappa shape index (κ3) is 1.64. The number of hydrogen-bond donors (Lipinski definition) is 0. The summed E-state index contributed by atoms with van der Waals surface area (Å²) in [5.41, 5.74) is 3.19. The van der Waals surface area contributed by atoms with E-state index in [0.717, 1.165) is 24.8 Å². The van der Waals surface area contributed by atoms with Gasteiger partial charge in [0.15, 0.2) is 0 Å². The Morgan fingerprint density at radius 3 is 3.27 bits per heavy atom. The Morgan fingerprint density at radius 1 is 1.60 bits per heavy atom. The van der Waals surface area contributed by atoms with Gasteiger partial charge in [0, 0.05) is 35.5 Å². The van der Waals surface area contributed by atoms with E-state index < -0.39 is 0 Å². The van der Waals surface area contributed by atoms with Gasteiger partial charge in [-0.15, -0.1) is 0 Å². The molecule has 78 valence electrons. The maximum atomic E-state index is 8.80. The van der Waals surface area contributed by atoms with Crippen LogP contribution in [0.3, 0.4) is 0 Å². The third-order valence-corrected chi connectivity index (χ3v) is 4.87. The van der Waals surface area contributed by atoms with Crippen LogP contribution >= 0.6 is 22.9 Å². The van der Waals surface area contributed by atoms with E-state index in [4.69, 9.17) is 5.26 Å². The summed E-state index contributed by atoms with van der Waals surface area (Å²) < 4.78 is 2.30. The number of halogens is 1. The molecule has 0 saturated heterocycles. The van der Waals surface area contributed by atoms with E-state index in [2.05, 4.69) is 44.2 Å². The molecule has 1 aliphatic heterocycles. The lowest BCUT2D eigenvalue weighted by Gasteiger charge is -2.33. The zero-order valence-electron chi connectivity index (χ0n) is 8.49. The smallest absolute Gasteiger partial charge is 0.0638 e. The van der Waals surface area contributed by atoms with Gasteiger partial charge in [0.05, 0.1) is 12.5 Å². The largest absolute Gasteiger partial charge is 0.239 e. The standard InChI is InChI=1S/C12H13IN2/c13-15-7-9-2-1-8-5-11(8)12(9)6-10(15)3-4-14/h1-2,8,10-11H,3,5-7H2. The molecule has 3 aliphatic rings. The topological polar surface area (TPSA) is 27.0 Å². The van der Waals surface area contributed by atoms with Crippen molar-refractivity contribution in [3.8, 4) is 6.07 Å². The molecule has 3 rings (SSSR count). The molecular formula is C12H13IN2. The number of nitriles is 1. The van der Waals surface area contributed by atoms with Crippen LogP contribution in [0.25, 0.3) is 0 Å². The van der Waals surface area contributed by atoms with Gasteiger partial charge in [-0.3, -0.25) is 0 Å². The highest BCUT2D eigenvalue weighted by molar-refractivity contribution is 14.1. The van der Waals surface area contributed by atoms with Gasteiger partial charge < -0.3 is 0 Å². The lowest BCUT2D eigenvalue weighted by Crippen LogP contribution is -2.34. The quantitative estimate of drug-likeness (QED) is 0.550. The van der Waals surface area contributed by atoms with Crippen molar-refractivity contribution in [3.63, 3.8) is 0 Å². The third-order valence-electron chi connectivity index (χ3n) is 3.74. The number of allylic oxidation sites excluding steroid dienone is 1. The van der Waals surface area contributed by atoms with Crippen LogP contribution in [0.4, 0.5) is 0 Å². The van der Waals surface area contributed by atoms with Crippen molar-refractivity contribution < 1.29 is 0 Å². The minimum absolute atomic E-state index is 0.446. The first-order valence-corrected chi connectivity index (χ1v) is 6.45. The summed E-state index contributed by atoms with van der Waals surface area (Å²) in [5, 5.41) is 8.80. The van der Waals surface area contributed by atoms with E-state index in [9.17, 15) is 0 Å². The van der Waals surface area contributed by atoms with Gasteiger partial charge in [-0.2, -0.15) is 5.26 Å². The molecule has 1 heterocycles. The van der Waals surface area contributed by atoms with E-state index in [0.29, 0.717) is 12.5 Å². The molecule has 0 amide bonds. The Hall–Kier alpha value is -0.340. The highest BCUT2D eigenvalue weighted by Gasteiger charge is 2.43. The van der Waals surface area contributed by atoms with Gasteiger partial charge >= 0.3 is 0 Å². The van der Waals surface area contributed by atoms with Crippen LogP contribution in [0.2, 0.25) is 0 Å². The summed E-state index contributed by atoms with van der Waals surface area (Å²) in [6.07, 6.45) is 7.84. The summed E-state index contributed by atoms with van der Waals surface area (Å²) in [6.45, 7) is 1.03. The monoisotopic (exact) mass is 312 g/mol. The van der Waals surface area contributed by atoms with Gasteiger partial charge in [-0.25, -0.2) is 3.11 Å². The fraction of sp³-hybridized carbons (Fsp3) is 0.583. The average Bonchev–Trinajstić information content (AvgIpc) is 2.99. The Morgan fingerprint density at radius 2 is 2.47 bits per heavy atom. The van der Waals surface area contributed by atoms with Crippen LogP contribution in [0, 0.1) is 23.2 Å². The lowest BCUT2D eigenvalue weighted by molar-refractivity contribution is 0.376. The normalized spacial score (nSPS) is 38.3. The van der Waals surface area contributed by atoms with E-state index in [1.165, 1.54) is 12.0 Å². The van der Waals surface area contributed by atoms with Crippen LogP contribution in [-0.2, 0) is 0 Å². The molecule has 0 spiro atoms. The molecule has 3 atom stereocenters. The number of hydrogen-bond acceptors (Lipinski definition) is 2. The predicted molar refractivity (Wildman–Crippen MR) is 67.1 cm³/mol. The number of rotatable bonds is 1. The van der Waals surface area contributed by atoms with Gasteiger partial charge in [-0.1, -0.05) is 17.7 Å². The van der Waals surface area contributed by atoms with Crippen molar-refractivity contribution in [1.29, 1.82) is 5.26 Å². The SMILES string of the molecule is N#CCC1CC2=C(C=CC3CC23)CN1I. The molecule has 0 bridgehead atoms. The first-order valence-electron chi connectivity index (χ1n) is 5.49. The lowest BCUT2D eigenvalue weighted by atomic mass is 9.88. The Kier molecular flexibility index (Phi) is 2.37. The molecule has 0 aromatic carbocycles. The molecule has 3 heteroatoms. The Labute approximate surface area is 104 Å². The van der Waals surface area contributed by atoms with E-state index in [1.54, 1.807) is 5.57 Å². The fourth-order valence-electron chi connectivity index (χ4n) is 2.77. The van der Waals surface area contributed by atoms with Gasteiger partial charge in [0.1, 0.15) is 0 Å². The molecule has 0 N–H and O–H groups in total. The molecule has 0 aromatic rings. The van der Waals surface area contributed by atoms with Crippen molar-refractivity contribution in [2.24, 2.45) is 11.8 Å². The molecule has 1 saturated carbocycles. The maximum Gasteiger partial charge on any atom is 0.0638 e. The molecule has 0 radical (unpaired) electrons. The van der Waals surface area contributed by atoms with Crippen LogP contribution in [-0.4, -0.2) is 15.7 Å². The van der Waals surface area contributed by atoms with Gasteiger partial charge in [0.25, 0.3) is 0 Å². The summed E-state index contributed by atoms with van der Waals surface area (Å²) >= 11 is 2.37. The zero-order valence-corrected chi connectivity index (χ0v) is 10.6. The maximum absolute atomic E-state index is 8.80. The number of fused-ring (bicyclic) bond motifs is 2. The van der Waals surface area contributed by atoms with Crippen LogP contribution in [0.15, 0.2) is 23.3 Å². The predicted octanol–water partition coefficient (Wildman–Crippen LogP) is 2.83. The van der Waals surface area contributed by atoms with Crippen molar-refractivity contribution in [2.75, 3.05) is 6.54 Å². The molecule has 2 nitrogen and oxygen atoms in total. The minimum atomic E-state index is 0.446. The second-order valence-electron chi connectivity index (χ2n) is 4.69. The van der Waals surface area contributed by atoms with E-state index in [1.807, 2.05) is 0 Å². The first-order chi connectivity index (χ1) is 7.29. The summed E-state index contributed by atoms with van der Waals surface area (Å²) in [6, 6.07) is 2.75. The highest BCUT2D eigenvalue weighted by Crippen LogP contribution is 2.52. The molecule has 1 fully saturated rings. The number of nitrogens with zero attached hydrogens (tertiary/aromatic N) is 2. The van der Waals surface area contributed by atoms with Crippen molar-refractivity contribution in [2.45, 2.75) is 25.3 Å². The van der Waals surface area contributed by atoms with Crippen LogP contribution in [0.1, 0.15) is 19.3 Å².